The standard InChI is InChI=1S/C26H25F4N5O3/c1-13-12-35(6-5-34(13)2)22-10-20(28)15(14-3-4-19(27)17(7-14)25(31)37)8-21(22)33-26(38)18-11-32-23(36)9-16(18)24(29)30/h3-4,7-11,13,24H,5-6,12H2,1-2H3,(H2,31,37)(H,32,36)(H,33,38)/t13-/m1/s1. The lowest BCUT2D eigenvalue weighted by Gasteiger charge is -2.39. The highest BCUT2D eigenvalue weighted by Gasteiger charge is 2.26. The minimum atomic E-state index is -3.09. The summed E-state index contributed by atoms with van der Waals surface area (Å²) in [6.45, 7) is 3.61. The number of hydrogen-bond donors (Lipinski definition) is 3. The predicted octanol–water partition coefficient (Wildman–Crippen LogP) is 3.75. The SMILES string of the molecule is C[C@@H]1CN(c2cc(F)c(-c3ccc(F)c(C(N)=O)c3)cc2NC(=O)c2c[nH]c(=O)cc2C(F)F)CCN1C. The molecule has 1 saturated heterocycles. The van der Waals surface area contributed by atoms with Crippen molar-refractivity contribution < 1.29 is 27.2 Å². The summed E-state index contributed by atoms with van der Waals surface area (Å²) in [6, 6.07) is 6.53. The lowest BCUT2D eigenvalue weighted by Crippen LogP contribution is -2.50. The number of nitrogens with two attached hydrogens (primary N) is 1. The van der Waals surface area contributed by atoms with Crippen LogP contribution in [0.25, 0.3) is 11.1 Å². The lowest BCUT2D eigenvalue weighted by atomic mass is 9.99. The van der Waals surface area contributed by atoms with Crippen LogP contribution in [0.1, 0.15) is 39.6 Å². The van der Waals surface area contributed by atoms with Crippen molar-refractivity contribution in [2.45, 2.75) is 19.4 Å². The molecule has 200 valence electrons. The molecule has 0 aliphatic carbocycles. The first-order valence-corrected chi connectivity index (χ1v) is 11.7. The van der Waals surface area contributed by atoms with Crippen LogP contribution in [0, 0.1) is 11.6 Å². The Balaban J connectivity index is 1.83. The first kappa shape index (κ1) is 26.9. The van der Waals surface area contributed by atoms with Crippen LogP contribution in [0.2, 0.25) is 0 Å². The number of nitrogens with one attached hydrogen (secondary N) is 2. The number of amides is 2. The fraction of sp³-hybridized carbons (Fsp3) is 0.269. The molecule has 4 rings (SSSR count). The molecule has 1 atom stereocenters. The summed E-state index contributed by atoms with van der Waals surface area (Å²) < 4.78 is 56.6. The van der Waals surface area contributed by atoms with Crippen molar-refractivity contribution in [1.29, 1.82) is 0 Å². The van der Waals surface area contributed by atoms with Crippen molar-refractivity contribution in [3.63, 3.8) is 0 Å². The van der Waals surface area contributed by atoms with Gasteiger partial charge in [-0.1, -0.05) is 6.07 Å². The maximum absolute atomic E-state index is 15.5. The molecule has 0 spiro atoms. The van der Waals surface area contributed by atoms with E-state index in [4.69, 9.17) is 5.73 Å². The molecule has 38 heavy (non-hydrogen) atoms. The molecular weight excluding hydrogens is 506 g/mol. The highest BCUT2D eigenvalue weighted by atomic mass is 19.3. The average molecular weight is 532 g/mol. The number of primary amides is 1. The van der Waals surface area contributed by atoms with Crippen molar-refractivity contribution in [2.24, 2.45) is 5.73 Å². The van der Waals surface area contributed by atoms with E-state index in [1.165, 1.54) is 18.2 Å². The van der Waals surface area contributed by atoms with Crippen molar-refractivity contribution >= 4 is 23.2 Å². The molecule has 2 amide bonds. The summed E-state index contributed by atoms with van der Waals surface area (Å²) in [7, 11) is 1.95. The maximum atomic E-state index is 15.5. The van der Waals surface area contributed by atoms with Crippen LogP contribution >= 0.6 is 0 Å². The number of nitrogens with zero attached hydrogens (tertiary/aromatic N) is 2. The van der Waals surface area contributed by atoms with Gasteiger partial charge in [0.15, 0.2) is 0 Å². The Bertz CT molecular complexity index is 1460. The molecule has 12 heteroatoms. The van der Waals surface area contributed by atoms with Gasteiger partial charge in [-0.2, -0.15) is 0 Å². The molecule has 2 aromatic carbocycles. The Hall–Kier alpha value is -4.19. The van der Waals surface area contributed by atoms with Gasteiger partial charge < -0.3 is 25.8 Å². The number of pyridine rings is 1. The van der Waals surface area contributed by atoms with Gasteiger partial charge in [0.1, 0.15) is 11.6 Å². The van der Waals surface area contributed by atoms with Gasteiger partial charge >= 0.3 is 0 Å². The van der Waals surface area contributed by atoms with Gasteiger partial charge in [0.25, 0.3) is 18.2 Å². The van der Waals surface area contributed by atoms with E-state index < -0.39 is 52.1 Å². The predicted molar refractivity (Wildman–Crippen MR) is 135 cm³/mol. The number of anilines is 2. The van der Waals surface area contributed by atoms with Gasteiger partial charge in [-0.25, -0.2) is 17.6 Å². The van der Waals surface area contributed by atoms with Crippen LogP contribution < -0.4 is 21.5 Å². The molecule has 3 aromatic rings. The number of rotatable bonds is 6. The van der Waals surface area contributed by atoms with Gasteiger partial charge in [0.05, 0.1) is 22.5 Å². The van der Waals surface area contributed by atoms with Crippen LogP contribution in [0.4, 0.5) is 28.9 Å². The minimum absolute atomic E-state index is 0.0794. The monoisotopic (exact) mass is 531 g/mol. The molecule has 0 radical (unpaired) electrons. The fourth-order valence-electron chi connectivity index (χ4n) is 4.35. The molecular formula is C26H25F4N5O3. The summed E-state index contributed by atoms with van der Waals surface area (Å²) in [5, 5.41) is 2.57. The maximum Gasteiger partial charge on any atom is 0.264 e. The van der Waals surface area contributed by atoms with Crippen LogP contribution in [0.3, 0.4) is 0 Å². The van der Waals surface area contributed by atoms with Crippen LogP contribution in [-0.4, -0.2) is 54.4 Å². The number of alkyl halides is 2. The van der Waals surface area contributed by atoms with Crippen molar-refractivity contribution in [3.05, 3.63) is 81.3 Å². The van der Waals surface area contributed by atoms with E-state index in [0.717, 1.165) is 18.3 Å². The molecule has 1 fully saturated rings. The third kappa shape index (κ3) is 5.40. The van der Waals surface area contributed by atoms with Crippen LogP contribution in [0.15, 0.2) is 47.4 Å². The highest BCUT2D eigenvalue weighted by molar-refractivity contribution is 6.07. The van der Waals surface area contributed by atoms with E-state index in [-0.39, 0.29) is 22.9 Å². The molecule has 0 saturated carbocycles. The second-order valence-electron chi connectivity index (χ2n) is 9.10. The Kier molecular flexibility index (Phi) is 7.53. The number of aromatic amines is 1. The highest BCUT2D eigenvalue weighted by Crippen LogP contribution is 2.36. The van der Waals surface area contributed by atoms with Crippen molar-refractivity contribution in [2.75, 3.05) is 36.9 Å². The summed E-state index contributed by atoms with van der Waals surface area (Å²) in [5.74, 6) is -3.59. The van der Waals surface area contributed by atoms with Crippen LogP contribution in [0.5, 0.6) is 0 Å². The smallest absolute Gasteiger partial charge is 0.264 e. The molecule has 1 aromatic heterocycles. The molecule has 2 heterocycles. The van der Waals surface area contributed by atoms with Gasteiger partial charge in [-0.05, 0) is 43.8 Å². The minimum Gasteiger partial charge on any atom is -0.367 e. The third-order valence-corrected chi connectivity index (χ3v) is 6.61. The number of benzene rings is 2. The summed E-state index contributed by atoms with van der Waals surface area (Å²) in [4.78, 5) is 42.5. The Labute approximate surface area is 215 Å². The summed E-state index contributed by atoms with van der Waals surface area (Å²) in [6.07, 6.45) is -2.20. The number of likely N-dealkylation sites (N-methyl/N-ethyl adjacent to an activating group) is 1. The summed E-state index contributed by atoms with van der Waals surface area (Å²) >= 11 is 0. The second kappa shape index (κ2) is 10.7. The lowest BCUT2D eigenvalue weighted by molar-refractivity contribution is 0.0993. The molecule has 1 aliphatic heterocycles. The van der Waals surface area contributed by atoms with E-state index in [1.54, 1.807) is 0 Å². The Morgan fingerprint density at radius 3 is 2.47 bits per heavy atom. The molecule has 0 bridgehead atoms. The number of aromatic nitrogens is 1. The van der Waals surface area contributed by atoms with E-state index in [2.05, 4.69) is 15.2 Å². The van der Waals surface area contributed by atoms with E-state index in [9.17, 15) is 27.6 Å². The first-order valence-electron chi connectivity index (χ1n) is 11.7. The Morgan fingerprint density at radius 2 is 1.82 bits per heavy atom. The van der Waals surface area contributed by atoms with Gasteiger partial charge in [-0.15, -0.1) is 0 Å². The van der Waals surface area contributed by atoms with Crippen LogP contribution in [-0.2, 0) is 0 Å². The quantitative estimate of drug-likeness (QED) is 0.420. The fourth-order valence-corrected chi connectivity index (χ4v) is 4.35. The normalized spacial score (nSPS) is 16.1. The zero-order chi connectivity index (χ0) is 27.7. The Morgan fingerprint density at radius 1 is 1.08 bits per heavy atom. The van der Waals surface area contributed by atoms with Gasteiger partial charge in [0.2, 0.25) is 5.56 Å². The number of H-pyrrole nitrogens is 1. The van der Waals surface area contributed by atoms with E-state index in [1.807, 2.05) is 18.9 Å². The zero-order valence-corrected chi connectivity index (χ0v) is 20.5. The van der Waals surface area contributed by atoms with Crippen molar-refractivity contribution in [3.8, 4) is 11.1 Å². The topological polar surface area (TPSA) is 112 Å². The number of halogens is 4. The largest absolute Gasteiger partial charge is 0.367 e. The second-order valence-corrected chi connectivity index (χ2v) is 9.10. The van der Waals surface area contributed by atoms with E-state index >= 15 is 4.39 Å². The average Bonchev–Trinajstić information content (AvgIpc) is 2.86. The zero-order valence-electron chi connectivity index (χ0n) is 20.5. The van der Waals surface area contributed by atoms with E-state index in [0.29, 0.717) is 31.4 Å². The van der Waals surface area contributed by atoms with Gasteiger partial charge in [0, 0.05) is 49.1 Å². The molecule has 1 aliphatic rings. The van der Waals surface area contributed by atoms with Gasteiger partial charge in [-0.3, -0.25) is 14.4 Å². The number of hydrogen-bond acceptors (Lipinski definition) is 5. The third-order valence-electron chi connectivity index (χ3n) is 6.61. The number of carbonyl (C=O) groups excluding carboxylic acids is 2. The summed E-state index contributed by atoms with van der Waals surface area (Å²) in [5.41, 5.74) is 3.21. The molecule has 8 nitrogen and oxygen atoms in total. The first-order chi connectivity index (χ1) is 18.0. The van der Waals surface area contributed by atoms with Crippen molar-refractivity contribution in [1.82, 2.24) is 9.88 Å². The number of carbonyl (C=O) groups is 2. The molecule has 0 unspecified atom stereocenters. The number of piperazine rings is 1. The molecule has 4 N–H and O–H groups in total.